The van der Waals surface area contributed by atoms with Crippen LogP contribution in [-0.2, 0) is 11.2 Å². The smallest absolute Gasteiger partial charge is 0.303 e. The predicted octanol–water partition coefficient (Wildman–Crippen LogP) is 2.22. The van der Waals surface area contributed by atoms with E-state index in [4.69, 9.17) is 9.52 Å². The molecule has 1 heterocycles. The van der Waals surface area contributed by atoms with Gasteiger partial charge in [0, 0.05) is 18.4 Å². The number of aliphatic carboxylic acids is 1. The zero-order valence-electron chi connectivity index (χ0n) is 10.9. The van der Waals surface area contributed by atoms with Gasteiger partial charge in [-0.3, -0.25) is 9.59 Å². The summed E-state index contributed by atoms with van der Waals surface area (Å²) < 4.78 is 5.34. The quantitative estimate of drug-likeness (QED) is 0.814. The molecule has 18 heavy (non-hydrogen) atoms. The van der Waals surface area contributed by atoms with Crippen LogP contribution in [0.25, 0.3) is 0 Å². The monoisotopic (exact) mass is 253 g/mol. The minimum absolute atomic E-state index is 0.0195. The Morgan fingerprint density at radius 2 is 2.06 bits per heavy atom. The van der Waals surface area contributed by atoms with Crippen LogP contribution in [0.1, 0.15) is 49.9 Å². The molecule has 0 atom stereocenters. The van der Waals surface area contributed by atoms with E-state index in [-0.39, 0.29) is 18.1 Å². The van der Waals surface area contributed by atoms with Gasteiger partial charge in [-0.15, -0.1) is 0 Å². The zero-order valence-corrected chi connectivity index (χ0v) is 10.9. The molecule has 0 saturated heterocycles. The van der Waals surface area contributed by atoms with Crippen LogP contribution in [0.4, 0.5) is 0 Å². The highest BCUT2D eigenvalue weighted by atomic mass is 16.4. The van der Waals surface area contributed by atoms with Gasteiger partial charge in [0.15, 0.2) is 5.76 Å². The number of rotatable bonds is 6. The van der Waals surface area contributed by atoms with Gasteiger partial charge in [-0.25, -0.2) is 0 Å². The van der Waals surface area contributed by atoms with E-state index in [1.807, 2.05) is 6.92 Å². The van der Waals surface area contributed by atoms with Crippen molar-refractivity contribution in [3.8, 4) is 0 Å². The fraction of sp³-hybridized carbons (Fsp3) is 0.538. The van der Waals surface area contributed by atoms with Gasteiger partial charge < -0.3 is 14.8 Å². The number of carbonyl (C=O) groups is 2. The molecule has 1 amide bonds. The van der Waals surface area contributed by atoms with E-state index in [2.05, 4.69) is 5.32 Å². The minimum Gasteiger partial charge on any atom is -0.481 e. The van der Waals surface area contributed by atoms with Gasteiger partial charge in [-0.1, -0.05) is 6.92 Å². The molecule has 0 spiro atoms. The van der Waals surface area contributed by atoms with E-state index in [1.54, 1.807) is 26.0 Å². The first-order valence-corrected chi connectivity index (χ1v) is 5.97. The first-order chi connectivity index (χ1) is 8.34. The summed E-state index contributed by atoms with van der Waals surface area (Å²) in [5, 5.41) is 11.4. The van der Waals surface area contributed by atoms with E-state index in [0.29, 0.717) is 6.42 Å². The highest BCUT2D eigenvalue weighted by Crippen LogP contribution is 2.14. The van der Waals surface area contributed by atoms with E-state index in [0.717, 1.165) is 12.2 Å². The molecule has 5 nitrogen and oxygen atoms in total. The molecule has 2 N–H and O–H groups in total. The molecule has 0 aliphatic heterocycles. The number of carboxylic acids is 1. The Morgan fingerprint density at radius 3 is 2.56 bits per heavy atom. The number of carbonyl (C=O) groups excluding carboxylic acids is 1. The average Bonchev–Trinajstić information content (AvgIpc) is 2.74. The van der Waals surface area contributed by atoms with Gasteiger partial charge in [0.25, 0.3) is 5.91 Å². The van der Waals surface area contributed by atoms with Crippen LogP contribution in [0, 0.1) is 0 Å². The average molecular weight is 253 g/mol. The molecule has 0 fully saturated rings. The summed E-state index contributed by atoms with van der Waals surface area (Å²) in [5.74, 6) is -0.174. The Labute approximate surface area is 106 Å². The molecular weight excluding hydrogens is 234 g/mol. The summed E-state index contributed by atoms with van der Waals surface area (Å²) in [6.07, 6.45) is 1.12. The second-order valence-electron chi connectivity index (χ2n) is 4.85. The second-order valence-corrected chi connectivity index (χ2v) is 4.85. The van der Waals surface area contributed by atoms with Gasteiger partial charge >= 0.3 is 5.97 Å². The third kappa shape index (κ3) is 4.24. The fourth-order valence-corrected chi connectivity index (χ4v) is 1.54. The topological polar surface area (TPSA) is 79.5 Å². The lowest BCUT2D eigenvalue weighted by Crippen LogP contribution is -2.43. The Kier molecular flexibility index (Phi) is 4.53. The molecule has 0 radical (unpaired) electrons. The summed E-state index contributed by atoms with van der Waals surface area (Å²) in [6.45, 7) is 5.52. The van der Waals surface area contributed by atoms with E-state index in [9.17, 15) is 9.59 Å². The van der Waals surface area contributed by atoms with Crippen LogP contribution in [0.5, 0.6) is 0 Å². The maximum Gasteiger partial charge on any atom is 0.303 e. The van der Waals surface area contributed by atoms with E-state index in [1.165, 1.54) is 0 Å². The first kappa shape index (κ1) is 14.3. The largest absolute Gasteiger partial charge is 0.481 e. The van der Waals surface area contributed by atoms with Gasteiger partial charge in [0.05, 0.1) is 0 Å². The lowest BCUT2D eigenvalue weighted by molar-refractivity contribution is -0.137. The van der Waals surface area contributed by atoms with Crippen LogP contribution >= 0.6 is 0 Å². The SMILES string of the molecule is CCc1ccc(C(=O)NC(C)(C)CCC(=O)O)o1. The molecule has 0 aromatic carbocycles. The number of nitrogens with one attached hydrogen (secondary N) is 1. The Bertz CT molecular complexity index is 434. The molecule has 0 aliphatic carbocycles. The molecule has 0 unspecified atom stereocenters. The summed E-state index contributed by atoms with van der Waals surface area (Å²) in [4.78, 5) is 22.4. The van der Waals surface area contributed by atoms with Crippen LogP contribution < -0.4 is 5.32 Å². The Morgan fingerprint density at radius 1 is 1.39 bits per heavy atom. The van der Waals surface area contributed by atoms with Crippen LogP contribution in [0.3, 0.4) is 0 Å². The molecule has 1 aromatic heterocycles. The van der Waals surface area contributed by atoms with Crippen molar-refractivity contribution in [2.24, 2.45) is 0 Å². The van der Waals surface area contributed by atoms with E-state index >= 15 is 0 Å². The van der Waals surface area contributed by atoms with Crippen molar-refractivity contribution < 1.29 is 19.1 Å². The van der Waals surface area contributed by atoms with E-state index < -0.39 is 11.5 Å². The molecule has 100 valence electrons. The third-order valence-electron chi connectivity index (χ3n) is 2.65. The summed E-state index contributed by atoms with van der Waals surface area (Å²) in [6, 6.07) is 3.39. The fourth-order valence-electron chi connectivity index (χ4n) is 1.54. The molecule has 1 rings (SSSR count). The number of furan rings is 1. The van der Waals surface area contributed by atoms with Crippen molar-refractivity contribution in [2.45, 2.75) is 45.6 Å². The number of amides is 1. The first-order valence-electron chi connectivity index (χ1n) is 5.97. The normalized spacial score (nSPS) is 11.3. The minimum atomic E-state index is -0.872. The van der Waals surface area contributed by atoms with Gasteiger partial charge in [-0.05, 0) is 32.4 Å². The zero-order chi connectivity index (χ0) is 13.8. The van der Waals surface area contributed by atoms with Crippen molar-refractivity contribution in [3.05, 3.63) is 23.7 Å². The maximum absolute atomic E-state index is 11.9. The van der Waals surface area contributed by atoms with Crippen LogP contribution in [0.2, 0.25) is 0 Å². The Hall–Kier alpha value is -1.78. The number of carboxylic acid groups (broad SMARTS) is 1. The van der Waals surface area contributed by atoms with Crippen molar-refractivity contribution >= 4 is 11.9 Å². The third-order valence-corrected chi connectivity index (χ3v) is 2.65. The van der Waals surface area contributed by atoms with Gasteiger partial charge in [0.2, 0.25) is 0 Å². The second kappa shape index (κ2) is 5.71. The van der Waals surface area contributed by atoms with Crippen LogP contribution in [-0.4, -0.2) is 22.5 Å². The van der Waals surface area contributed by atoms with Crippen molar-refractivity contribution in [1.29, 1.82) is 0 Å². The number of hydrogen-bond acceptors (Lipinski definition) is 3. The molecule has 0 bridgehead atoms. The molecular formula is C13H19NO4. The van der Waals surface area contributed by atoms with Crippen molar-refractivity contribution in [1.82, 2.24) is 5.32 Å². The summed E-state index contributed by atoms with van der Waals surface area (Å²) in [7, 11) is 0. The molecule has 0 saturated carbocycles. The van der Waals surface area contributed by atoms with Crippen LogP contribution in [0.15, 0.2) is 16.5 Å². The maximum atomic E-state index is 11.9. The number of aryl methyl sites for hydroxylation is 1. The highest BCUT2D eigenvalue weighted by Gasteiger charge is 2.23. The van der Waals surface area contributed by atoms with Gasteiger partial charge in [0.1, 0.15) is 5.76 Å². The van der Waals surface area contributed by atoms with Gasteiger partial charge in [-0.2, -0.15) is 0 Å². The molecule has 1 aromatic rings. The summed E-state index contributed by atoms with van der Waals surface area (Å²) in [5.41, 5.74) is -0.575. The lowest BCUT2D eigenvalue weighted by Gasteiger charge is -2.24. The molecule has 0 aliphatic rings. The predicted molar refractivity (Wildman–Crippen MR) is 66.5 cm³/mol. The Balaban J connectivity index is 2.60. The molecule has 5 heteroatoms. The van der Waals surface area contributed by atoms with Crippen molar-refractivity contribution in [3.63, 3.8) is 0 Å². The van der Waals surface area contributed by atoms with Crippen molar-refractivity contribution in [2.75, 3.05) is 0 Å². The highest BCUT2D eigenvalue weighted by molar-refractivity contribution is 5.92. The lowest BCUT2D eigenvalue weighted by atomic mass is 9.98. The summed E-state index contributed by atoms with van der Waals surface area (Å²) >= 11 is 0. The standard InChI is InChI=1S/C13H19NO4/c1-4-9-5-6-10(18-9)12(17)14-13(2,3)8-7-11(15)16/h5-6H,4,7-8H2,1-3H3,(H,14,17)(H,15,16). The number of hydrogen-bond donors (Lipinski definition) is 2.